The van der Waals surface area contributed by atoms with E-state index in [1.807, 2.05) is 0 Å². The van der Waals surface area contributed by atoms with Gasteiger partial charge in [0.05, 0.1) is 0 Å². The molecular formula is C19H38N2. The maximum absolute atomic E-state index is 3.69. The summed E-state index contributed by atoms with van der Waals surface area (Å²) >= 11 is 0. The smallest absolute Gasteiger partial charge is 0.00470 e. The average Bonchev–Trinajstić information content (AvgIpc) is 3.06. The van der Waals surface area contributed by atoms with Crippen molar-refractivity contribution in [3.05, 3.63) is 0 Å². The Morgan fingerprint density at radius 3 is 2.33 bits per heavy atom. The molecule has 0 aromatic rings. The molecule has 2 saturated carbocycles. The molecule has 2 rings (SSSR count). The summed E-state index contributed by atoms with van der Waals surface area (Å²) in [6, 6.07) is 0.596. The van der Waals surface area contributed by atoms with E-state index < -0.39 is 0 Å². The Hall–Kier alpha value is -0.0800. The molecule has 2 heteroatoms. The molecule has 2 fully saturated rings. The number of nitrogens with zero attached hydrogens (tertiary/aromatic N) is 1. The molecule has 3 unspecified atom stereocenters. The molecule has 2 nitrogen and oxygen atoms in total. The van der Waals surface area contributed by atoms with E-state index in [4.69, 9.17) is 0 Å². The van der Waals surface area contributed by atoms with E-state index >= 15 is 0 Å². The zero-order chi connectivity index (χ0) is 15.5. The average molecular weight is 295 g/mol. The largest absolute Gasteiger partial charge is 0.314 e. The highest BCUT2D eigenvalue weighted by Gasteiger charge is 2.40. The highest BCUT2D eigenvalue weighted by Crippen LogP contribution is 2.48. The quantitative estimate of drug-likeness (QED) is 0.687. The van der Waals surface area contributed by atoms with Crippen molar-refractivity contribution in [2.24, 2.45) is 23.2 Å². The fourth-order valence-corrected chi connectivity index (χ4v) is 4.84. The van der Waals surface area contributed by atoms with E-state index in [1.165, 1.54) is 51.7 Å². The molecule has 3 atom stereocenters. The lowest BCUT2D eigenvalue weighted by molar-refractivity contribution is 0.126. The van der Waals surface area contributed by atoms with Crippen LogP contribution in [0.15, 0.2) is 0 Å². The molecule has 0 aromatic heterocycles. The van der Waals surface area contributed by atoms with Crippen molar-refractivity contribution in [1.29, 1.82) is 0 Å². The fourth-order valence-electron chi connectivity index (χ4n) is 4.84. The van der Waals surface area contributed by atoms with Crippen LogP contribution in [0.5, 0.6) is 0 Å². The van der Waals surface area contributed by atoms with E-state index in [9.17, 15) is 0 Å². The molecule has 124 valence electrons. The summed E-state index contributed by atoms with van der Waals surface area (Å²) < 4.78 is 0. The van der Waals surface area contributed by atoms with Gasteiger partial charge in [-0.1, -0.05) is 34.1 Å². The normalized spacial score (nSPS) is 29.0. The molecule has 21 heavy (non-hydrogen) atoms. The number of nitrogens with one attached hydrogen (secondary N) is 1. The third kappa shape index (κ3) is 4.45. The van der Waals surface area contributed by atoms with E-state index in [-0.39, 0.29) is 0 Å². The Kier molecular flexibility index (Phi) is 6.14. The van der Waals surface area contributed by atoms with Gasteiger partial charge in [0.2, 0.25) is 0 Å². The van der Waals surface area contributed by atoms with Crippen LogP contribution in [-0.4, -0.2) is 37.6 Å². The zero-order valence-corrected chi connectivity index (χ0v) is 15.1. The minimum atomic E-state index is 0.455. The second-order valence-electron chi connectivity index (χ2n) is 8.37. The predicted molar refractivity (Wildman–Crippen MR) is 92.6 cm³/mol. The Morgan fingerprint density at radius 2 is 1.86 bits per heavy atom. The summed E-state index contributed by atoms with van der Waals surface area (Å²) in [6.07, 6.45) is 8.67. The molecule has 2 aliphatic rings. The van der Waals surface area contributed by atoms with Crippen LogP contribution in [0.2, 0.25) is 0 Å². The van der Waals surface area contributed by atoms with Gasteiger partial charge in [0, 0.05) is 25.7 Å². The number of rotatable bonds is 9. The minimum absolute atomic E-state index is 0.455. The number of fused-ring (bicyclic) bond motifs is 2. The van der Waals surface area contributed by atoms with Crippen molar-refractivity contribution >= 4 is 0 Å². The standard InChI is InChI=1S/C19H38N2/c1-6-19(7-2,13-20-15(3)4)14-21(5)12-18-11-16-8-9-17(18)10-16/h15-18,20H,6-14H2,1-5H3. The third-order valence-corrected chi connectivity index (χ3v) is 6.42. The van der Waals surface area contributed by atoms with Crippen LogP contribution in [0.3, 0.4) is 0 Å². The number of hydrogen-bond donors (Lipinski definition) is 1. The second-order valence-corrected chi connectivity index (χ2v) is 8.37. The summed E-state index contributed by atoms with van der Waals surface area (Å²) in [5.41, 5.74) is 0.455. The summed E-state index contributed by atoms with van der Waals surface area (Å²) in [4.78, 5) is 2.65. The molecular weight excluding hydrogens is 256 g/mol. The van der Waals surface area contributed by atoms with Crippen LogP contribution < -0.4 is 5.32 Å². The summed E-state index contributed by atoms with van der Waals surface area (Å²) in [6.45, 7) is 13.0. The van der Waals surface area contributed by atoms with Crippen molar-refractivity contribution in [2.45, 2.75) is 72.3 Å². The molecule has 0 aliphatic heterocycles. The molecule has 0 aromatic carbocycles. The Morgan fingerprint density at radius 1 is 1.14 bits per heavy atom. The summed E-state index contributed by atoms with van der Waals surface area (Å²) in [5.74, 6) is 3.14. The summed E-state index contributed by atoms with van der Waals surface area (Å²) in [5, 5.41) is 3.69. The van der Waals surface area contributed by atoms with Gasteiger partial charge < -0.3 is 10.2 Å². The first-order valence-corrected chi connectivity index (χ1v) is 9.40. The highest BCUT2D eigenvalue weighted by atomic mass is 15.1. The SMILES string of the molecule is CCC(CC)(CNC(C)C)CN(C)CC1CC2CCC1C2. The lowest BCUT2D eigenvalue weighted by atomic mass is 9.81. The molecule has 0 heterocycles. The van der Waals surface area contributed by atoms with Gasteiger partial charge in [-0.3, -0.25) is 0 Å². The molecule has 0 radical (unpaired) electrons. The maximum Gasteiger partial charge on any atom is 0.00470 e. The topological polar surface area (TPSA) is 15.3 Å². The Labute approximate surface area is 133 Å². The molecule has 0 spiro atoms. The first-order valence-electron chi connectivity index (χ1n) is 9.40. The molecule has 1 N–H and O–H groups in total. The van der Waals surface area contributed by atoms with Crippen molar-refractivity contribution in [3.8, 4) is 0 Å². The van der Waals surface area contributed by atoms with Gasteiger partial charge in [0.1, 0.15) is 0 Å². The molecule has 2 bridgehead atoms. The van der Waals surface area contributed by atoms with Crippen LogP contribution in [0.25, 0.3) is 0 Å². The van der Waals surface area contributed by atoms with Crippen LogP contribution in [0, 0.1) is 23.2 Å². The first kappa shape index (κ1) is 17.3. The van der Waals surface area contributed by atoms with Crippen molar-refractivity contribution in [2.75, 3.05) is 26.7 Å². The van der Waals surface area contributed by atoms with E-state index in [0.717, 1.165) is 17.8 Å². The van der Waals surface area contributed by atoms with Crippen LogP contribution in [-0.2, 0) is 0 Å². The van der Waals surface area contributed by atoms with Crippen LogP contribution in [0.1, 0.15) is 66.2 Å². The Bertz CT molecular complexity index is 309. The van der Waals surface area contributed by atoms with E-state index in [0.29, 0.717) is 11.5 Å². The van der Waals surface area contributed by atoms with E-state index in [1.54, 1.807) is 6.42 Å². The zero-order valence-electron chi connectivity index (χ0n) is 15.1. The van der Waals surface area contributed by atoms with Gasteiger partial charge in [0.25, 0.3) is 0 Å². The minimum Gasteiger partial charge on any atom is -0.314 e. The molecule has 0 saturated heterocycles. The van der Waals surface area contributed by atoms with E-state index in [2.05, 4.69) is 45.0 Å². The summed E-state index contributed by atoms with van der Waals surface area (Å²) in [7, 11) is 2.36. The predicted octanol–water partition coefficient (Wildman–Crippen LogP) is 4.16. The van der Waals surface area contributed by atoms with Crippen LogP contribution in [0.4, 0.5) is 0 Å². The lowest BCUT2D eigenvalue weighted by Gasteiger charge is -2.38. The van der Waals surface area contributed by atoms with Gasteiger partial charge >= 0.3 is 0 Å². The monoisotopic (exact) mass is 294 g/mol. The van der Waals surface area contributed by atoms with Crippen molar-refractivity contribution < 1.29 is 0 Å². The lowest BCUT2D eigenvalue weighted by Crippen LogP contribution is -2.45. The molecule has 2 aliphatic carbocycles. The highest BCUT2D eigenvalue weighted by molar-refractivity contribution is 4.92. The number of hydrogen-bond acceptors (Lipinski definition) is 2. The van der Waals surface area contributed by atoms with Crippen LogP contribution >= 0.6 is 0 Å². The Balaban J connectivity index is 1.84. The van der Waals surface area contributed by atoms with Gasteiger partial charge in [0.15, 0.2) is 0 Å². The van der Waals surface area contributed by atoms with Crippen molar-refractivity contribution in [1.82, 2.24) is 10.2 Å². The van der Waals surface area contributed by atoms with Gasteiger partial charge in [-0.05, 0) is 62.3 Å². The maximum atomic E-state index is 3.69. The van der Waals surface area contributed by atoms with Gasteiger partial charge in [-0.25, -0.2) is 0 Å². The third-order valence-electron chi connectivity index (χ3n) is 6.42. The second kappa shape index (κ2) is 7.46. The fraction of sp³-hybridized carbons (Fsp3) is 1.00. The van der Waals surface area contributed by atoms with Gasteiger partial charge in [-0.15, -0.1) is 0 Å². The van der Waals surface area contributed by atoms with Crippen molar-refractivity contribution in [3.63, 3.8) is 0 Å². The first-order chi connectivity index (χ1) is 9.98. The molecule has 0 amide bonds. The van der Waals surface area contributed by atoms with Gasteiger partial charge in [-0.2, -0.15) is 0 Å².